The van der Waals surface area contributed by atoms with E-state index in [1.807, 2.05) is 12.1 Å². The molecule has 0 spiro atoms. The number of hydrogen-bond donors (Lipinski definition) is 0. The Morgan fingerprint density at radius 2 is 2.10 bits per heavy atom. The van der Waals surface area contributed by atoms with Crippen molar-refractivity contribution in [3.63, 3.8) is 0 Å². The fourth-order valence-electron chi connectivity index (χ4n) is 1.74. The standard InChI is InChI=1S/C14H13N3O3/c1-2-10-20-14(19)9-5-8-13(18)17-12-7-4-3-6-11(12)15-16-17/h1,3-4,6-7H,5,8-10H2. The second kappa shape index (κ2) is 6.48. The first-order chi connectivity index (χ1) is 9.72. The lowest BCUT2D eigenvalue weighted by Crippen LogP contribution is -2.13. The molecule has 1 aromatic carbocycles. The molecule has 0 amide bonds. The SMILES string of the molecule is C#CCOC(=O)CCCC(=O)n1nnc2ccccc21. The van der Waals surface area contributed by atoms with E-state index in [9.17, 15) is 9.59 Å². The summed E-state index contributed by atoms with van der Waals surface area (Å²) >= 11 is 0. The Morgan fingerprint density at radius 1 is 1.30 bits per heavy atom. The van der Waals surface area contributed by atoms with Gasteiger partial charge in [-0.2, -0.15) is 4.68 Å². The lowest BCUT2D eigenvalue weighted by atomic mass is 10.2. The maximum atomic E-state index is 12.0. The monoisotopic (exact) mass is 271 g/mol. The molecule has 2 aromatic rings. The molecule has 2 rings (SSSR count). The van der Waals surface area contributed by atoms with Gasteiger partial charge in [0, 0.05) is 12.8 Å². The van der Waals surface area contributed by atoms with Gasteiger partial charge in [0.25, 0.3) is 0 Å². The Bertz CT molecular complexity index is 670. The fourth-order valence-corrected chi connectivity index (χ4v) is 1.74. The Labute approximate surface area is 115 Å². The summed E-state index contributed by atoms with van der Waals surface area (Å²) in [5, 5.41) is 7.72. The average molecular weight is 271 g/mol. The summed E-state index contributed by atoms with van der Waals surface area (Å²) in [6, 6.07) is 7.19. The highest BCUT2D eigenvalue weighted by molar-refractivity contribution is 5.88. The van der Waals surface area contributed by atoms with Gasteiger partial charge in [-0.1, -0.05) is 23.3 Å². The third kappa shape index (κ3) is 3.20. The number of benzene rings is 1. The number of fused-ring (bicyclic) bond motifs is 1. The molecule has 0 saturated carbocycles. The molecular formula is C14H13N3O3. The van der Waals surface area contributed by atoms with Crippen molar-refractivity contribution in [2.45, 2.75) is 19.3 Å². The van der Waals surface area contributed by atoms with Gasteiger partial charge in [-0.3, -0.25) is 9.59 Å². The van der Waals surface area contributed by atoms with Crippen LogP contribution < -0.4 is 0 Å². The van der Waals surface area contributed by atoms with Gasteiger partial charge >= 0.3 is 5.97 Å². The molecule has 0 fully saturated rings. The minimum absolute atomic E-state index is 0.0412. The number of esters is 1. The highest BCUT2D eigenvalue weighted by atomic mass is 16.5. The van der Waals surface area contributed by atoms with Crippen molar-refractivity contribution in [2.24, 2.45) is 0 Å². The van der Waals surface area contributed by atoms with Crippen LogP contribution in [0.4, 0.5) is 0 Å². The lowest BCUT2D eigenvalue weighted by Gasteiger charge is -2.02. The van der Waals surface area contributed by atoms with Crippen LogP contribution in [-0.4, -0.2) is 33.5 Å². The zero-order chi connectivity index (χ0) is 14.4. The smallest absolute Gasteiger partial charge is 0.306 e. The summed E-state index contributed by atoms with van der Waals surface area (Å²) in [5.41, 5.74) is 1.32. The van der Waals surface area contributed by atoms with Gasteiger partial charge in [0.15, 0.2) is 6.61 Å². The van der Waals surface area contributed by atoms with E-state index >= 15 is 0 Å². The van der Waals surface area contributed by atoms with Crippen LogP contribution >= 0.6 is 0 Å². The van der Waals surface area contributed by atoms with Crippen LogP contribution in [0.15, 0.2) is 24.3 Å². The third-order valence-electron chi connectivity index (χ3n) is 2.68. The first-order valence-electron chi connectivity index (χ1n) is 6.15. The van der Waals surface area contributed by atoms with E-state index in [0.29, 0.717) is 17.5 Å². The molecule has 6 heteroatoms. The zero-order valence-corrected chi connectivity index (χ0v) is 10.8. The first kappa shape index (κ1) is 13.7. The molecule has 0 N–H and O–H groups in total. The fraction of sp³-hybridized carbons (Fsp3) is 0.286. The number of nitrogens with zero attached hydrogens (tertiary/aromatic N) is 3. The van der Waals surface area contributed by atoms with Gasteiger partial charge in [0.05, 0.1) is 5.52 Å². The normalized spacial score (nSPS) is 10.2. The summed E-state index contributed by atoms with van der Waals surface area (Å²) in [6.45, 7) is -0.0412. The molecule has 0 aliphatic heterocycles. The van der Waals surface area contributed by atoms with Crippen LogP contribution in [0, 0.1) is 12.3 Å². The number of rotatable bonds is 5. The van der Waals surface area contributed by atoms with Crippen LogP contribution in [0.2, 0.25) is 0 Å². The van der Waals surface area contributed by atoms with E-state index in [-0.39, 0.29) is 25.4 Å². The van der Waals surface area contributed by atoms with Crippen molar-refractivity contribution in [1.29, 1.82) is 0 Å². The largest absolute Gasteiger partial charge is 0.452 e. The lowest BCUT2D eigenvalue weighted by molar-refractivity contribution is -0.142. The van der Waals surface area contributed by atoms with E-state index in [0.717, 1.165) is 0 Å². The van der Waals surface area contributed by atoms with Crippen molar-refractivity contribution >= 4 is 22.9 Å². The van der Waals surface area contributed by atoms with Crippen LogP contribution in [0.5, 0.6) is 0 Å². The van der Waals surface area contributed by atoms with Crippen molar-refractivity contribution in [2.75, 3.05) is 6.61 Å². The van der Waals surface area contributed by atoms with E-state index in [1.165, 1.54) is 4.68 Å². The quantitative estimate of drug-likeness (QED) is 0.607. The molecule has 1 aromatic heterocycles. The molecule has 6 nitrogen and oxygen atoms in total. The molecule has 20 heavy (non-hydrogen) atoms. The van der Waals surface area contributed by atoms with Crippen LogP contribution in [0.3, 0.4) is 0 Å². The van der Waals surface area contributed by atoms with Gasteiger partial charge in [0.2, 0.25) is 5.91 Å². The summed E-state index contributed by atoms with van der Waals surface area (Å²) in [6.07, 6.45) is 5.70. The second-order valence-corrected chi connectivity index (χ2v) is 4.10. The van der Waals surface area contributed by atoms with Crippen molar-refractivity contribution < 1.29 is 14.3 Å². The van der Waals surface area contributed by atoms with Crippen molar-refractivity contribution in [3.05, 3.63) is 24.3 Å². The van der Waals surface area contributed by atoms with Gasteiger partial charge in [-0.15, -0.1) is 11.5 Å². The Kier molecular flexibility index (Phi) is 4.45. The molecule has 0 unspecified atom stereocenters. The molecule has 0 aliphatic carbocycles. The summed E-state index contributed by atoms with van der Waals surface area (Å²) in [7, 11) is 0. The Hall–Kier alpha value is -2.68. The molecular weight excluding hydrogens is 258 g/mol. The molecule has 0 saturated heterocycles. The van der Waals surface area contributed by atoms with Crippen LogP contribution in [0.25, 0.3) is 11.0 Å². The first-order valence-corrected chi connectivity index (χ1v) is 6.15. The van der Waals surface area contributed by atoms with Crippen LogP contribution in [-0.2, 0) is 9.53 Å². The van der Waals surface area contributed by atoms with Crippen molar-refractivity contribution in [3.8, 4) is 12.3 Å². The summed E-state index contributed by atoms with van der Waals surface area (Å²) in [5.74, 6) is 1.60. The maximum absolute atomic E-state index is 12.0. The molecule has 102 valence electrons. The average Bonchev–Trinajstić information content (AvgIpc) is 2.89. The molecule has 0 atom stereocenters. The molecule has 1 heterocycles. The number of para-hydroxylation sites is 1. The van der Waals surface area contributed by atoms with Gasteiger partial charge < -0.3 is 4.74 Å². The highest BCUT2D eigenvalue weighted by Gasteiger charge is 2.12. The number of hydrogen-bond acceptors (Lipinski definition) is 5. The predicted octanol–water partition coefficient (Wildman–Crippen LogP) is 1.42. The topological polar surface area (TPSA) is 74.1 Å². The maximum Gasteiger partial charge on any atom is 0.306 e. The van der Waals surface area contributed by atoms with E-state index in [1.54, 1.807) is 12.1 Å². The molecule has 0 bridgehead atoms. The van der Waals surface area contributed by atoms with Gasteiger partial charge in [-0.25, -0.2) is 0 Å². The Morgan fingerprint density at radius 3 is 2.90 bits per heavy atom. The minimum Gasteiger partial charge on any atom is -0.452 e. The summed E-state index contributed by atoms with van der Waals surface area (Å²) < 4.78 is 5.96. The molecule has 0 aliphatic rings. The third-order valence-corrected chi connectivity index (χ3v) is 2.68. The van der Waals surface area contributed by atoms with Crippen LogP contribution in [0.1, 0.15) is 24.1 Å². The second-order valence-electron chi connectivity index (χ2n) is 4.10. The highest BCUT2D eigenvalue weighted by Crippen LogP contribution is 2.11. The number of terminal acetylenes is 1. The van der Waals surface area contributed by atoms with Gasteiger partial charge in [-0.05, 0) is 18.6 Å². The number of ether oxygens (including phenoxy) is 1. The minimum atomic E-state index is -0.404. The van der Waals surface area contributed by atoms with Gasteiger partial charge in [0.1, 0.15) is 5.52 Å². The van der Waals surface area contributed by atoms with E-state index < -0.39 is 5.97 Å². The Balaban J connectivity index is 1.90. The van der Waals surface area contributed by atoms with E-state index in [4.69, 9.17) is 11.2 Å². The zero-order valence-electron chi connectivity index (χ0n) is 10.8. The number of aromatic nitrogens is 3. The molecule has 0 radical (unpaired) electrons. The van der Waals surface area contributed by atoms with E-state index in [2.05, 4.69) is 16.2 Å². The summed E-state index contributed by atoms with van der Waals surface area (Å²) in [4.78, 5) is 23.2. The van der Waals surface area contributed by atoms with Crippen molar-refractivity contribution in [1.82, 2.24) is 15.0 Å². The number of carbonyl (C=O) groups excluding carboxylic acids is 2. The predicted molar refractivity (Wildman–Crippen MR) is 71.8 cm³/mol. The number of carbonyl (C=O) groups is 2.